The molecule has 0 saturated carbocycles. The highest BCUT2D eigenvalue weighted by molar-refractivity contribution is 5.78. The number of hydrogen-bond acceptors (Lipinski definition) is 4. The average Bonchev–Trinajstić information content (AvgIpc) is 2.81. The van der Waals surface area contributed by atoms with Gasteiger partial charge >= 0.3 is 0 Å². The molecule has 3 aromatic rings. The fourth-order valence-electron chi connectivity index (χ4n) is 3.96. The van der Waals surface area contributed by atoms with Crippen molar-refractivity contribution < 1.29 is 4.79 Å². The number of carbonyl (C=O) groups is 1. The van der Waals surface area contributed by atoms with E-state index in [-0.39, 0.29) is 5.91 Å². The molecule has 2 aromatic heterocycles. The van der Waals surface area contributed by atoms with Gasteiger partial charge in [0.1, 0.15) is 0 Å². The van der Waals surface area contributed by atoms with Crippen LogP contribution in [0, 0.1) is 0 Å². The first kappa shape index (κ1) is 20.0. The molecular formula is C25H26N4O. The normalized spacial score (nSPS) is 14.9. The lowest BCUT2D eigenvalue weighted by molar-refractivity contribution is -0.131. The van der Waals surface area contributed by atoms with Crippen LogP contribution in [0.5, 0.6) is 0 Å². The van der Waals surface area contributed by atoms with Crippen molar-refractivity contribution in [1.29, 1.82) is 0 Å². The zero-order chi connectivity index (χ0) is 20.8. The zero-order valence-electron chi connectivity index (χ0n) is 17.2. The van der Waals surface area contributed by atoms with Crippen LogP contribution >= 0.6 is 0 Å². The van der Waals surface area contributed by atoms with Gasteiger partial charge in [0.2, 0.25) is 5.91 Å². The second-order valence-corrected chi connectivity index (χ2v) is 7.59. The monoisotopic (exact) mass is 398 g/mol. The minimum Gasteiger partial charge on any atom is -0.342 e. The van der Waals surface area contributed by atoms with Crippen LogP contribution in [-0.4, -0.2) is 38.8 Å². The SMILES string of the molecule is CC=Cc1cnc(-c2cccnc2)nc1C1CCN(C(=O)Cc2ccccc2)CC1. The molecule has 4 rings (SSSR count). The van der Waals surface area contributed by atoms with Crippen LogP contribution in [0.3, 0.4) is 0 Å². The summed E-state index contributed by atoms with van der Waals surface area (Å²) in [5.41, 5.74) is 4.11. The highest BCUT2D eigenvalue weighted by Crippen LogP contribution is 2.31. The summed E-state index contributed by atoms with van der Waals surface area (Å²) < 4.78 is 0. The minimum absolute atomic E-state index is 0.201. The van der Waals surface area contributed by atoms with Gasteiger partial charge in [-0.05, 0) is 37.5 Å². The summed E-state index contributed by atoms with van der Waals surface area (Å²) in [6.45, 7) is 3.53. The molecule has 0 radical (unpaired) electrons. The minimum atomic E-state index is 0.201. The van der Waals surface area contributed by atoms with E-state index in [2.05, 4.69) is 16.0 Å². The maximum Gasteiger partial charge on any atom is 0.226 e. The van der Waals surface area contributed by atoms with Crippen LogP contribution in [0.1, 0.15) is 42.5 Å². The summed E-state index contributed by atoms with van der Waals surface area (Å²) >= 11 is 0. The fraction of sp³-hybridized carbons (Fsp3) is 0.280. The van der Waals surface area contributed by atoms with Gasteiger partial charge in [-0.3, -0.25) is 9.78 Å². The molecule has 1 fully saturated rings. The number of carbonyl (C=O) groups excluding carboxylic acids is 1. The van der Waals surface area contributed by atoms with Gasteiger partial charge in [-0.15, -0.1) is 0 Å². The first-order valence-corrected chi connectivity index (χ1v) is 10.5. The van der Waals surface area contributed by atoms with Crippen molar-refractivity contribution in [1.82, 2.24) is 19.9 Å². The molecule has 5 heteroatoms. The predicted molar refractivity (Wildman–Crippen MR) is 119 cm³/mol. The highest BCUT2D eigenvalue weighted by atomic mass is 16.2. The first-order valence-electron chi connectivity index (χ1n) is 10.5. The molecule has 0 bridgehead atoms. The van der Waals surface area contributed by atoms with Gasteiger partial charge in [-0.2, -0.15) is 0 Å². The van der Waals surface area contributed by atoms with E-state index in [9.17, 15) is 4.79 Å². The van der Waals surface area contributed by atoms with Crippen LogP contribution in [0.25, 0.3) is 17.5 Å². The second-order valence-electron chi connectivity index (χ2n) is 7.59. The number of allylic oxidation sites excluding steroid dienone is 1. The summed E-state index contributed by atoms with van der Waals surface area (Å²) in [6.07, 6.45) is 11.8. The molecule has 1 aliphatic rings. The number of hydrogen-bond donors (Lipinski definition) is 0. The Balaban J connectivity index is 1.48. The first-order chi connectivity index (χ1) is 14.7. The van der Waals surface area contributed by atoms with Gasteiger partial charge in [0, 0.05) is 48.7 Å². The van der Waals surface area contributed by atoms with Crippen molar-refractivity contribution in [2.75, 3.05) is 13.1 Å². The number of amides is 1. The van der Waals surface area contributed by atoms with E-state index in [0.717, 1.165) is 48.3 Å². The van der Waals surface area contributed by atoms with Crippen molar-refractivity contribution in [2.45, 2.75) is 32.1 Å². The zero-order valence-corrected chi connectivity index (χ0v) is 17.2. The number of nitrogens with zero attached hydrogens (tertiary/aromatic N) is 4. The van der Waals surface area contributed by atoms with Crippen LogP contribution in [0.15, 0.2) is 67.1 Å². The third kappa shape index (κ3) is 4.62. The lowest BCUT2D eigenvalue weighted by Gasteiger charge is -2.32. The standard InChI is InChI=1S/C25H26N4O/c1-2-7-21-18-27-25(22-10-6-13-26-17-22)28-24(21)20-11-14-29(15-12-20)23(30)16-19-8-4-3-5-9-19/h2-10,13,17-18,20H,11-12,14-16H2,1H3. The van der Waals surface area contributed by atoms with Crippen LogP contribution < -0.4 is 0 Å². The van der Waals surface area contributed by atoms with Gasteiger partial charge in [-0.25, -0.2) is 9.97 Å². The molecule has 152 valence electrons. The van der Waals surface area contributed by atoms with Crippen LogP contribution in [0.2, 0.25) is 0 Å². The van der Waals surface area contributed by atoms with Crippen molar-refractivity contribution in [3.63, 3.8) is 0 Å². The van der Waals surface area contributed by atoms with Gasteiger partial charge in [-0.1, -0.05) is 42.5 Å². The van der Waals surface area contributed by atoms with Crippen molar-refractivity contribution in [2.24, 2.45) is 0 Å². The molecule has 1 amide bonds. The Morgan fingerprint density at radius 1 is 1.10 bits per heavy atom. The quantitative estimate of drug-likeness (QED) is 0.634. The molecular weight excluding hydrogens is 372 g/mol. The Morgan fingerprint density at radius 3 is 2.60 bits per heavy atom. The second kappa shape index (κ2) is 9.44. The van der Waals surface area contributed by atoms with E-state index in [1.165, 1.54) is 0 Å². The smallest absolute Gasteiger partial charge is 0.226 e. The van der Waals surface area contributed by atoms with Crippen molar-refractivity contribution in [3.8, 4) is 11.4 Å². The number of likely N-dealkylation sites (tertiary alicyclic amines) is 1. The summed E-state index contributed by atoms with van der Waals surface area (Å²) in [4.78, 5) is 28.3. The molecule has 1 aliphatic heterocycles. The molecule has 5 nitrogen and oxygen atoms in total. The third-order valence-corrected chi connectivity index (χ3v) is 5.55. The Labute approximate surface area is 177 Å². The predicted octanol–water partition coefficient (Wildman–Crippen LogP) is 4.52. The number of pyridine rings is 1. The molecule has 0 N–H and O–H groups in total. The lowest BCUT2D eigenvalue weighted by atomic mass is 9.90. The molecule has 0 atom stereocenters. The lowest BCUT2D eigenvalue weighted by Crippen LogP contribution is -2.39. The summed E-state index contributed by atoms with van der Waals surface area (Å²) in [5.74, 6) is 1.22. The van der Waals surface area contributed by atoms with Gasteiger partial charge in [0.15, 0.2) is 5.82 Å². The summed E-state index contributed by atoms with van der Waals surface area (Å²) in [5, 5.41) is 0. The molecule has 0 aliphatic carbocycles. The molecule has 0 unspecified atom stereocenters. The van der Waals surface area contributed by atoms with Crippen molar-refractivity contribution >= 4 is 12.0 Å². The Bertz CT molecular complexity index is 1010. The number of rotatable bonds is 5. The van der Waals surface area contributed by atoms with E-state index < -0.39 is 0 Å². The molecule has 1 aromatic carbocycles. The maximum absolute atomic E-state index is 12.7. The topological polar surface area (TPSA) is 59.0 Å². The summed E-state index contributed by atoms with van der Waals surface area (Å²) in [7, 11) is 0. The van der Waals surface area contributed by atoms with Gasteiger partial charge in [0.25, 0.3) is 0 Å². The fourth-order valence-corrected chi connectivity index (χ4v) is 3.96. The Kier molecular flexibility index (Phi) is 6.28. The van der Waals surface area contributed by atoms with E-state index in [0.29, 0.717) is 18.2 Å². The molecule has 0 spiro atoms. The Morgan fingerprint density at radius 2 is 1.90 bits per heavy atom. The molecule has 1 saturated heterocycles. The maximum atomic E-state index is 12.7. The molecule has 30 heavy (non-hydrogen) atoms. The Hall–Kier alpha value is -3.34. The number of aromatic nitrogens is 3. The van der Waals surface area contributed by atoms with E-state index in [1.54, 1.807) is 12.4 Å². The van der Waals surface area contributed by atoms with E-state index >= 15 is 0 Å². The van der Waals surface area contributed by atoms with Crippen molar-refractivity contribution in [3.05, 3.63) is 84.0 Å². The highest BCUT2D eigenvalue weighted by Gasteiger charge is 2.26. The molecule has 3 heterocycles. The van der Waals surface area contributed by atoms with E-state index in [1.807, 2.05) is 66.6 Å². The largest absolute Gasteiger partial charge is 0.342 e. The van der Waals surface area contributed by atoms with E-state index in [4.69, 9.17) is 4.98 Å². The third-order valence-electron chi connectivity index (χ3n) is 5.55. The van der Waals surface area contributed by atoms with Crippen LogP contribution in [0.4, 0.5) is 0 Å². The summed E-state index contributed by atoms with van der Waals surface area (Å²) in [6, 6.07) is 13.8. The van der Waals surface area contributed by atoms with Gasteiger partial charge < -0.3 is 4.90 Å². The van der Waals surface area contributed by atoms with Crippen LogP contribution in [-0.2, 0) is 11.2 Å². The average molecular weight is 399 g/mol. The van der Waals surface area contributed by atoms with Gasteiger partial charge in [0.05, 0.1) is 12.1 Å². The number of piperidine rings is 1. The number of benzene rings is 1.